The van der Waals surface area contributed by atoms with Crippen molar-refractivity contribution in [2.45, 2.75) is 32.6 Å². The largest absolute Gasteiger partial charge is 0.340 e. The summed E-state index contributed by atoms with van der Waals surface area (Å²) >= 11 is 0. The zero-order valence-corrected chi connectivity index (χ0v) is 20.8. The van der Waals surface area contributed by atoms with Crippen molar-refractivity contribution in [3.8, 4) is 0 Å². The van der Waals surface area contributed by atoms with Crippen LogP contribution in [-0.2, 0) is 14.4 Å². The average Bonchev–Trinajstić information content (AvgIpc) is 2.83. The summed E-state index contributed by atoms with van der Waals surface area (Å²) in [4.78, 5) is 46.2. The zero-order chi connectivity index (χ0) is 23.7. The van der Waals surface area contributed by atoms with E-state index in [4.69, 9.17) is 0 Å². The standard InChI is InChI=1S/C24H46N6O3/c1-2-3-8-26-12-13-27(9-4-5-24(33)30-10-6-25-7-11-30)15-17-29(21-23-32)19-18-28(16-14-26)20-22-31/h22-23,25H,2-21H2,1H3. The van der Waals surface area contributed by atoms with Crippen LogP contribution >= 0.6 is 0 Å². The minimum Gasteiger partial charge on any atom is -0.340 e. The average molecular weight is 467 g/mol. The molecule has 1 amide bonds. The number of rotatable bonds is 11. The van der Waals surface area contributed by atoms with Crippen LogP contribution in [0.4, 0.5) is 0 Å². The van der Waals surface area contributed by atoms with E-state index < -0.39 is 0 Å². The molecule has 190 valence electrons. The predicted octanol–water partition coefficient (Wildman–Crippen LogP) is -0.382. The molecule has 2 fully saturated rings. The topological polar surface area (TPSA) is 79.4 Å². The first kappa shape index (κ1) is 27.9. The first-order valence-corrected chi connectivity index (χ1v) is 12.9. The summed E-state index contributed by atoms with van der Waals surface area (Å²) in [6, 6.07) is 0. The molecule has 0 unspecified atom stereocenters. The van der Waals surface area contributed by atoms with Crippen molar-refractivity contribution in [1.82, 2.24) is 29.8 Å². The summed E-state index contributed by atoms with van der Waals surface area (Å²) in [6.07, 6.45) is 5.79. The normalized spacial score (nSPS) is 21.3. The number of carbonyl (C=O) groups is 3. The van der Waals surface area contributed by atoms with Gasteiger partial charge in [-0.15, -0.1) is 0 Å². The molecule has 2 rings (SSSR count). The molecule has 9 heteroatoms. The summed E-state index contributed by atoms with van der Waals surface area (Å²) < 4.78 is 0. The highest BCUT2D eigenvalue weighted by Crippen LogP contribution is 2.05. The van der Waals surface area contributed by atoms with E-state index in [1.165, 1.54) is 12.8 Å². The lowest BCUT2D eigenvalue weighted by Gasteiger charge is -2.33. The van der Waals surface area contributed by atoms with Gasteiger partial charge in [0.2, 0.25) is 5.91 Å². The van der Waals surface area contributed by atoms with Crippen molar-refractivity contribution >= 4 is 18.5 Å². The molecule has 0 aromatic heterocycles. The quantitative estimate of drug-likeness (QED) is 0.413. The monoisotopic (exact) mass is 466 g/mol. The van der Waals surface area contributed by atoms with Gasteiger partial charge in [-0.3, -0.25) is 14.6 Å². The van der Waals surface area contributed by atoms with Gasteiger partial charge in [0.1, 0.15) is 12.6 Å². The minimum atomic E-state index is 0.272. The van der Waals surface area contributed by atoms with Crippen molar-refractivity contribution in [1.29, 1.82) is 0 Å². The van der Waals surface area contributed by atoms with Crippen LogP contribution in [0.15, 0.2) is 0 Å². The summed E-state index contributed by atoms with van der Waals surface area (Å²) in [6.45, 7) is 15.6. The number of nitrogens with one attached hydrogen (secondary N) is 1. The lowest BCUT2D eigenvalue weighted by Crippen LogP contribution is -2.47. The number of piperazine rings is 1. The zero-order valence-electron chi connectivity index (χ0n) is 20.8. The van der Waals surface area contributed by atoms with Gasteiger partial charge in [-0.2, -0.15) is 0 Å². The second-order valence-corrected chi connectivity index (χ2v) is 9.21. The van der Waals surface area contributed by atoms with Gasteiger partial charge in [0.15, 0.2) is 0 Å². The summed E-state index contributed by atoms with van der Waals surface area (Å²) in [7, 11) is 0. The Morgan fingerprint density at radius 2 is 1.15 bits per heavy atom. The Morgan fingerprint density at radius 3 is 1.61 bits per heavy atom. The SMILES string of the molecule is CCCCN1CCN(CC=O)CCN(CC=O)CCN(CCCC(=O)N2CCNCC2)CC1. The van der Waals surface area contributed by atoms with Gasteiger partial charge in [0, 0.05) is 85.0 Å². The maximum Gasteiger partial charge on any atom is 0.222 e. The highest BCUT2D eigenvalue weighted by molar-refractivity contribution is 5.76. The van der Waals surface area contributed by atoms with E-state index in [-0.39, 0.29) is 5.91 Å². The number of aldehydes is 2. The van der Waals surface area contributed by atoms with E-state index in [0.717, 1.165) is 111 Å². The van der Waals surface area contributed by atoms with E-state index in [9.17, 15) is 14.4 Å². The molecule has 33 heavy (non-hydrogen) atoms. The molecule has 2 saturated heterocycles. The van der Waals surface area contributed by atoms with Gasteiger partial charge < -0.3 is 29.6 Å². The van der Waals surface area contributed by atoms with Gasteiger partial charge in [-0.05, 0) is 25.9 Å². The van der Waals surface area contributed by atoms with Crippen LogP contribution in [-0.4, -0.2) is 148 Å². The van der Waals surface area contributed by atoms with E-state index in [2.05, 4.69) is 31.8 Å². The third-order valence-corrected chi connectivity index (χ3v) is 6.76. The molecule has 0 aliphatic carbocycles. The lowest BCUT2D eigenvalue weighted by atomic mass is 10.2. The minimum absolute atomic E-state index is 0.272. The first-order valence-electron chi connectivity index (χ1n) is 12.9. The van der Waals surface area contributed by atoms with Gasteiger partial charge in [-0.25, -0.2) is 0 Å². The van der Waals surface area contributed by atoms with Crippen LogP contribution < -0.4 is 5.32 Å². The molecule has 0 aromatic rings. The lowest BCUT2D eigenvalue weighted by molar-refractivity contribution is -0.132. The Morgan fingerprint density at radius 1 is 0.697 bits per heavy atom. The van der Waals surface area contributed by atoms with Gasteiger partial charge >= 0.3 is 0 Å². The fourth-order valence-electron chi connectivity index (χ4n) is 4.51. The Labute approximate surface area is 200 Å². The number of amides is 1. The highest BCUT2D eigenvalue weighted by Gasteiger charge is 2.18. The Bertz CT molecular complexity index is 558. The molecule has 0 aromatic carbocycles. The van der Waals surface area contributed by atoms with Crippen molar-refractivity contribution < 1.29 is 14.4 Å². The number of carbonyl (C=O) groups excluding carboxylic acids is 3. The predicted molar refractivity (Wildman–Crippen MR) is 131 cm³/mol. The second kappa shape index (κ2) is 17.1. The molecular weight excluding hydrogens is 420 g/mol. The number of hydrogen-bond donors (Lipinski definition) is 1. The third-order valence-electron chi connectivity index (χ3n) is 6.76. The van der Waals surface area contributed by atoms with Crippen LogP contribution in [0, 0.1) is 0 Å². The second-order valence-electron chi connectivity index (χ2n) is 9.21. The van der Waals surface area contributed by atoms with Crippen molar-refractivity contribution in [2.24, 2.45) is 0 Å². The number of unbranched alkanes of at least 4 members (excludes halogenated alkanes) is 1. The Balaban J connectivity index is 1.92. The molecule has 2 heterocycles. The summed E-state index contributed by atoms with van der Waals surface area (Å²) in [5.74, 6) is 0.272. The molecule has 0 spiro atoms. The van der Waals surface area contributed by atoms with E-state index in [1.54, 1.807) is 0 Å². The molecule has 1 N–H and O–H groups in total. The fraction of sp³-hybridized carbons (Fsp3) is 0.875. The van der Waals surface area contributed by atoms with Crippen LogP contribution in [0.3, 0.4) is 0 Å². The van der Waals surface area contributed by atoms with E-state index in [1.807, 2.05) is 4.90 Å². The molecule has 2 aliphatic rings. The third kappa shape index (κ3) is 11.5. The van der Waals surface area contributed by atoms with Gasteiger partial charge in [0.25, 0.3) is 0 Å². The van der Waals surface area contributed by atoms with E-state index in [0.29, 0.717) is 19.5 Å². The van der Waals surface area contributed by atoms with E-state index >= 15 is 0 Å². The molecule has 0 saturated carbocycles. The molecule has 2 aliphatic heterocycles. The maximum absolute atomic E-state index is 12.5. The van der Waals surface area contributed by atoms with Crippen LogP contribution in [0.25, 0.3) is 0 Å². The molecular formula is C24H46N6O3. The first-order chi connectivity index (χ1) is 16.2. The fourth-order valence-corrected chi connectivity index (χ4v) is 4.51. The summed E-state index contributed by atoms with van der Waals surface area (Å²) in [5, 5.41) is 3.30. The number of hydrogen-bond acceptors (Lipinski definition) is 8. The molecule has 0 bridgehead atoms. The smallest absolute Gasteiger partial charge is 0.222 e. The van der Waals surface area contributed by atoms with Gasteiger partial charge in [-0.1, -0.05) is 13.3 Å². The van der Waals surface area contributed by atoms with Crippen molar-refractivity contribution in [2.75, 3.05) is 105 Å². The highest BCUT2D eigenvalue weighted by atomic mass is 16.2. The van der Waals surface area contributed by atoms with Crippen molar-refractivity contribution in [3.05, 3.63) is 0 Å². The summed E-state index contributed by atoms with van der Waals surface area (Å²) in [5.41, 5.74) is 0. The van der Waals surface area contributed by atoms with Gasteiger partial charge in [0.05, 0.1) is 13.1 Å². The van der Waals surface area contributed by atoms with Crippen LogP contribution in [0.1, 0.15) is 32.6 Å². The maximum atomic E-state index is 12.5. The Hall–Kier alpha value is -1.39. The molecule has 0 radical (unpaired) electrons. The van der Waals surface area contributed by atoms with Crippen LogP contribution in [0.5, 0.6) is 0 Å². The number of nitrogens with zero attached hydrogens (tertiary/aromatic N) is 5. The van der Waals surface area contributed by atoms with Crippen LogP contribution in [0.2, 0.25) is 0 Å². The van der Waals surface area contributed by atoms with Crippen molar-refractivity contribution in [3.63, 3.8) is 0 Å². The Kier molecular flexibility index (Phi) is 14.4. The molecule has 9 nitrogen and oxygen atoms in total. The molecule has 0 atom stereocenters.